The van der Waals surface area contributed by atoms with Crippen LogP contribution in [0.25, 0.3) is 0 Å². The Kier molecular flexibility index (Phi) is 9.36. The van der Waals surface area contributed by atoms with Crippen molar-refractivity contribution in [3.8, 4) is 5.75 Å². The standard InChI is InChI=1S/C30H40F3N3O2/c1-21-22(2)28(38-20-6-15-34-26-7-4-5-8-26)14-13-27(21)23(3)35-16-18-36(19-17-35)29(37)24-9-11-25(12-10-24)30(31,32)33/h9-14,23,26,34H,4-8,15-20H2,1-3H3. The second-order valence-electron chi connectivity index (χ2n) is 10.6. The normalized spacial score (nSPS) is 18.1. The fraction of sp³-hybridized carbons (Fsp3) is 0.567. The monoisotopic (exact) mass is 531 g/mol. The van der Waals surface area contributed by atoms with Gasteiger partial charge in [-0.05, 0) is 93.6 Å². The minimum atomic E-state index is -4.41. The van der Waals surface area contributed by atoms with Crippen molar-refractivity contribution in [3.63, 3.8) is 0 Å². The molecule has 2 aliphatic rings. The molecule has 2 aromatic carbocycles. The van der Waals surface area contributed by atoms with E-state index in [0.717, 1.165) is 36.4 Å². The van der Waals surface area contributed by atoms with Crippen LogP contribution in [0.3, 0.4) is 0 Å². The van der Waals surface area contributed by atoms with E-state index < -0.39 is 11.7 Å². The van der Waals surface area contributed by atoms with Gasteiger partial charge in [-0.15, -0.1) is 0 Å². The Hall–Kier alpha value is -2.58. The van der Waals surface area contributed by atoms with Gasteiger partial charge in [0.1, 0.15) is 5.75 Å². The van der Waals surface area contributed by atoms with Crippen molar-refractivity contribution in [1.29, 1.82) is 0 Å². The number of ether oxygens (including phenoxy) is 1. The van der Waals surface area contributed by atoms with E-state index in [2.05, 4.69) is 43.1 Å². The quantitative estimate of drug-likeness (QED) is 0.395. The van der Waals surface area contributed by atoms with Gasteiger partial charge in [-0.1, -0.05) is 18.9 Å². The van der Waals surface area contributed by atoms with Crippen LogP contribution in [-0.4, -0.2) is 61.1 Å². The van der Waals surface area contributed by atoms with Crippen LogP contribution in [0.2, 0.25) is 0 Å². The van der Waals surface area contributed by atoms with E-state index in [1.807, 2.05) is 0 Å². The summed E-state index contributed by atoms with van der Waals surface area (Å²) in [6.07, 6.45) is 1.85. The first kappa shape index (κ1) is 28.4. The fourth-order valence-corrected chi connectivity index (χ4v) is 5.61. The van der Waals surface area contributed by atoms with Crippen LogP contribution in [-0.2, 0) is 6.18 Å². The second-order valence-corrected chi connectivity index (χ2v) is 10.6. The SMILES string of the molecule is Cc1c(OCCCNC2CCCC2)ccc(C(C)N2CCN(C(=O)c3ccc(C(F)(F)F)cc3)CC2)c1C. The van der Waals surface area contributed by atoms with Crippen LogP contribution in [0.1, 0.15) is 77.7 Å². The highest BCUT2D eigenvalue weighted by Gasteiger charge is 2.31. The van der Waals surface area contributed by atoms with Crippen molar-refractivity contribution in [2.45, 2.75) is 71.1 Å². The van der Waals surface area contributed by atoms with Crippen molar-refractivity contribution >= 4 is 5.91 Å². The van der Waals surface area contributed by atoms with E-state index in [9.17, 15) is 18.0 Å². The van der Waals surface area contributed by atoms with Crippen LogP contribution >= 0.6 is 0 Å². The van der Waals surface area contributed by atoms with E-state index >= 15 is 0 Å². The molecule has 1 heterocycles. The number of amides is 1. The highest BCUT2D eigenvalue weighted by molar-refractivity contribution is 5.94. The number of carbonyl (C=O) groups excluding carboxylic acids is 1. The van der Waals surface area contributed by atoms with Gasteiger partial charge in [0.2, 0.25) is 0 Å². The van der Waals surface area contributed by atoms with Crippen molar-refractivity contribution < 1.29 is 22.7 Å². The summed E-state index contributed by atoms with van der Waals surface area (Å²) in [4.78, 5) is 16.9. The maximum Gasteiger partial charge on any atom is 0.416 e. The summed E-state index contributed by atoms with van der Waals surface area (Å²) < 4.78 is 44.6. The minimum Gasteiger partial charge on any atom is -0.493 e. The fourth-order valence-electron chi connectivity index (χ4n) is 5.61. The Morgan fingerprint density at radius 1 is 1.00 bits per heavy atom. The zero-order valence-electron chi connectivity index (χ0n) is 22.7. The van der Waals surface area contributed by atoms with E-state index in [4.69, 9.17) is 4.74 Å². The number of hydrogen-bond donors (Lipinski definition) is 1. The first-order valence-corrected chi connectivity index (χ1v) is 13.8. The van der Waals surface area contributed by atoms with Crippen LogP contribution in [0, 0.1) is 13.8 Å². The molecule has 38 heavy (non-hydrogen) atoms. The molecule has 2 fully saturated rings. The summed E-state index contributed by atoms with van der Waals surface area (Å²) in [6.45, 7) is 10.6. The number of nitrogens with zero attached hydrogens (tertiary/aromatic N) is 2. The number of halogens is 3. The Morgan fingerprint density at radius 2 is 1.66 bits per heavy atom. The Morgan fingerprint density at radius 3 is 2.29 bits per heavy atom. The molecule has 5 nitrogen and oxygen atoms in total. The number of piperazine rings is 1. The summed E-state index contributed by atoms with van der Waals surface area (Å²) in [6, 6.07) is 9.56. The molecule has 1 atom stereocenters. The number of benzene rings is 2. The third-order valence-corrected chi connectivity index (χ3v) is 8.20. The minimum absolute atomic E-state index is 0.182. The predicted octanol–water partition coefficient (Wildman–Crippen LogP) is 6.14. The lowest BCUT2D eigenvalue weighted by molar-refractivity contribution is -0.137. The van der Waals surface area contributed by atoms with Gasteiger partial charge < -0.3 is 15.0 Å². The first-order chi connectivity index (χ1) is 18.1. The summed E-state index contributed by atoms with van der Waals surface area (Å²) in [5.41, 5.74) is 3.18. The van der Waals surface area contributed by atoms with Gasteiger partial charge in [0.15, 0.2) is 0 Å². The highest BCUT2D eigenvalue weighted by Crippen LogP contribution is 2.32. The molecule has 1 N–H and O–H groups in total. The van der Waals surface area contributed by atoms with Crippen molar-refractivity contribution in [2.24, 2.45) is 0 Å². The predicted molar refractivity (Wildman–Crippen MR) is 144 cm³/mol. The van der Waals surface area contributed by atoms with Crippen LogP contribution in [0.4, 0.5) is 13.2 Å². The number of carbonyl (C=O) groups is 1. The van der Waals surface area contributed by atoms with E-state index in [1.54, 1.807) is 4.90 Å². The molecule has 0 aromatic heterocycles. The van der Waals surface area contributed by atoms with Crippen LogP contribution < -0.4 is 10.1 Å². The average Bonchev–Trinajstić information content (AvgIpc) is 3.43. The average molecular weight is 532 g/mol. The van der Waals surface area contributed by atoms with Crippen LogP contribution in [0.15, 0.2) is 36.4 Å². The third kappa shape index (κ3) is 6.89. The Balaban J connectivity index is 1.27. The van der Waals surface area contributed by atoms with Gasteiger partial charge >= 0.3 is 6.18 Å². The number of nitrogens with one attached hydrogen (secondary N) is 1. The van der Waals surface area contributed by atoms with Gasteiger partial charge in [0.05, 0.1) is 12.2 Å². The van der Waals surface area contributed by atoms with Crippen molar-refractivity contribution in [3.05, 3.63) is 64.2 Å². The lowest BCUT2D eigenvalue weighted by Crippen LogP contribution is -2.49. The topological polar surface area (TPSA) is 44.8 Å². The molecular weight excluding hydrogens is 491 g/mol. The van der Waals surface area contributed by atoms with Gasteiger partial charge in [0.25, 0.3) is 5.91 Å². The van der Waals surface area contributed by atoms with E-state index in [1.165, 1.54) is 48.9 Å². The molecule has 1 saturated carbocycles. The van der Waals surface area contributed by atoms with Crippen molar-refractivity contribution in [2.75, 3.05) is 39.3 Å². The molecule has 1 aliphatic heterocycles. The zero-order valence-corrected chi connectivity index (χ0v) is 22.7. The van der Waals surface area contributed by atoms with Crippen LogP contribution in [0.5, 0.6) is 5.75 Å². The summed E-state index contributed by atoms with van der Waals surface area (Å²) >= 11 is 0. The number of rotatable bonds is 9. The Bertz CT molecular complexity index is 1070. The maximum absolute atomic E-state index is 12.8. The molecule has 4 rings (SSSR count). The van der Waals surface area contributed by atoms with Crippen molar-refractivity contribution in [1.82, 2.24) is 15.1 Å². The molecule has 208 valence electrons. The molecule has 1 saturated heterocycles. The van der Waals surface area contributed by atoms with Gasteiger partial charge in [0, 0.05) is 43.8 Å². The second kappa shape index (κ2) is 12.5. The molecule has 0 spiro atoms. The summed E-state index contributed by atoms with van der Waals surface area (Å²) in [5, 5.41) is 3.63. The third-order valence-electron chi connectivity index (χ3n) is 8.20. The summed E-state index contributed by atoms with van der Waals surface area (Å²) in [7, 11) is 0. The molecule has 1 aliphatic carbocycles. The zero-order chi connectivity index (χ0) is 27.3. The summed E-state index contributed by atoms with van der Waals surface area (Å²) in [5.74, 6) is 0.712. The molecule has 0 bridgehead atoms. The number of alkyl halides is 3. The largest absolute Gasteiger partial charge is 0.493 e. The molecule has 1 amide bonds. The molecular formula is C30H40F3N3O2. The molecule has 0 radical (unpaired) electrons. The molecule has 8 heteroatoms. The van der Waals surface area contributed by atoms with Gasteiger partial charge in [-0.3, -0.25) is 9.69 Å². The maximum atomic E-state index is 12.8. The van der Waals surface area contributed by atoms with Gasteiger partial charge in [-0.25, -0.2) is 0 Å². The first-order valence-electron chi connectivity index (χ1n) is 13.8. The smallest absolute Gasteiger partial charge is 0.416 e. The van der Waals surface area contributed by atoms with E-state index in [0.29, 0.717) is 38.8 Å². The lowest BCUT2D eigenvalue weighted by Gasteiger charge is -2.39. The Labute approximate surface area is 224 Å². The van der Waals surface area contributed by atoms with E-state index in [-0.39, 0.29) is 17.5 Å². The molecule has 2 aromatic rings. The molecule has 1 unspecified atom stereocenters. The number of hydrogen-bond acceptors (Lipinski definition) is 4. The van der Waals surface area contributed by atoms with Gasteiger partial charge in [-0.2, -0.15) is 13.2 Å². The lowest BCUT2D eigenvalue weighted by atomic mass is 9.96. The highest BCUT2D eigenvalue weighted by atomic mass is 19.4.